The van der Waals surface area contributed by atoms with E-state index in [0.717, 1.165) is 11.1 Å². The fraction of sp³-hybridized carbons (Fsp3) is 0.185. The predicted molar refractivity (Wildman–Crippen MR) is 135 cm³/mol. The zero-order valence-electron chi connectivity index (χ0n) is 20.0. The Hall–Kier alpha value is -4.11. The first-order valence-electron chi connectivity index (χ1n) is 11.3. The molecule has 5 rings (SSSR count). The van der Waals surface area contributed by atoms with E-state index in [1.807, 2.05) is 13.8 Å². The molecule has 36 heavy (non-hydrogen) atoms. The Labute approximate surface area is 208 Å². The monoisotopic (exact) mass is 504 g/mol. The van der Waals surface area contributed by atoms with E-state index in [1.54, 1.807) is 66.7 Å². The van der Waals surface area contributed by atoms with Gasteiger partial charge in [0.15, 0.2) is 6.10 Å². The molecule has 184 valence electrons. The molecule has 9 heteroatoms. The first kappa shape index (κ1) is 23.6. The van der Waals surface area contributed by atoms with Crippen molar-refractivity contribution in [3.8, 4) is 5.75 Å². The molecule has 0 spiro atoms. The lowest BCUT2D eigenvalue weighted by molar-refractivity contribution is 0.0602. The summed E-state index contributed by atoms with van der Waals surface area (Å²) in [6, 6.07) is 18.7. The molecule has 1 atom stereocenters. The normalized spacial score (nSPS) is 15.3. The number of para-hydroxylation sites is 1. The van der Waals surface area contributed by atoms with Gasteiger partial charge in [0.25, 0.3) is 15.9 Å². The maximum Gasteiger partial charge on any atom is 0.340 e. The second-order valence-electron chi connectivity index (χ2n) is 8.69. The maximum absolute atomic E-state index is 13.7. The van der Waals surface area contributed by atoms with Crippen LogP contribution in [0.4, 0.5) is 5.69 Å². The van der Waals surface area contributed by atoms with E-state index in [4.69, 9.17) is 9.47 Å². The van der Waals surface area contributed by atoms with Gasteiger partial charge in [-0.15, -0.1) is 0 Å². The molecule has 0 bridgehead atoms. The van der Waals surface area contributed by atoms with Gasteiger partial charge >= 0.3 is 5.97 Å². The topological polar surface area (TPSA) is 94.9 Å². The lowest BCUT2D eigenvalue weighted by Crippen LogP contribution is -2.48. The molecule has 8 nitrogen and oxygen atoms in total. The lowest BCUT2D eigenvalue weighted by Gasteiger charge is -2.35. The van der Waals surface area contributed by atoms with Crippen molar-refractivity contribution in [3.05, 3.63) is 89.6 Å². The highest BCUT2D eigenvalue weighted by Gasteiger charge is 2.38. The number of esters is 1. The van der Waals surface area contributed by atoms with Gasteiger partial charge in [-0.2, -0.15) is 0 Å². The smallest absolute Gasteiger partial charge is 0.340 e. The summed E-state index contributed by atoms with van der Waals surface area (Å²) in [6.45, 7) is 3.50. The minimum absolute atomic E-state index is 0.119. The summed E-state index contributed by atoms with van der Waals surface area (Å²) >= 11 is 0. The molecule has 0 radical (unpaired) electrons. The van der Waals surface area contributed by atoms with Crippen LogP contribution in [0.2, 0.25) is 0 Å². The molecule has 0 saturated carbocycles. The van der Waals surface area contributed by atoms with Gasteiger partial charge in [0.2, 0.25) is 0 Å². The van der Waals surface area contributed by atoms with Gasteiger partial charge < -0.3 is 9.47 Å². The summed E-state index contributed by atoms with van der Waals surface area (Å²) in [6.07, 6.45) is 0.257. The number of benzene rings is 3. The fourth-order valence-electron chi connectivity index (χ4n) is 4.34. The Morgan fingerprint density at radius 2 is 1.67 bits per heavy atom. The number of hydrogen-bond donors (Lipinski definition) is 0. The lowest BCUT2D eigenvalue weighted by atomic mass is 10.1. The molecule has 0 saturated heterocycles. The third-order valence-electron chi connectivity index (χ3n) is 6.22. The van der Waals surface area contributed by atoms with Crippen LogP contribution in [0.1, 0.15) is 26.3 Å². The van der Waals surface area contributed by atoms with Crippen molar-refractivity contribution < 1.29 is 27.5 Å². The predicted octanol–water partition coefficient (Wildman–Crippen LogP) is 4.34. The van der Waals surface area contributed by atoms with E-state index in [9.17, 15) is 18.0 Å². The first-order chi connectivity index (χ1) is 17.2. The Morgan fingerprint density at radius 3 is 2.39 bits per heavy atom. The zero-order valence-corrected chi connectivity index (χ0v) is 20.8. The average molecular weight is 505 g/mol. The van der Waals surface area contributed by atoms with Crippen LogP contribution in [0.15, 0.2) is 77.8 Å². The summed E-state index contributed by atoms with van der Waals surface area (Å²) in [5, 5.41) is 0.550. The van der Waals surface area contributed by atoms with Crippen LogP contribution >= 0.6 is 0 Å². The van der Waals surface area contributed by atoms with Crippen LogP contribution in [-0.4, -0.2) is 44.6 Å². The average Bonchev–Trinajstić information content (AvgIpc) is 3.27. The number of methoxy groups -OCH3 is 1. The molecule has 1 aliphatic rings. The van der Waals surface area contributed by atoms with Gasteiger partial charge in [-0.05, 0) is 49.7 Å². The van der Waals surface area contributed by atoms with Gasteiger partial charge in [-0.25, -0.2) is 13.2 Å². The Morgan fingerprint density at radius 1 is 0.972 bits per heavy atom. The SMILES string of the molecule is COC(=O)c1cn(C(=O)[C@H]2CN(S(=O)(=O)c3ccc(C)cc3)c3cc(C)ccc3O2)c2ccccc12. The Bertz CT molecular complexity index is 1610. The number of aryl methyl sites for hydroxylation is 2. The number of hydrogen-bond acceptors (Lipinski definition) is 6. The van der Waals surface area contributed by atoms with Crippen LogP contribution in [0.3, 0.4) is 0 Å². The zero-order chi connectivity index (χ0) is 25.6. The molecular weight excluding hydrogens is 480 g/mol. The minimum atomic E-state index is -3.99. The van der Waals surface area contributed by atoms with Crippen molar-refractivity contribution in [2.24, 2.45) is 0 Å². The van der Waals surface area contributed by atoms with Gasteiger partial charge in [0.1, 0.15) is 5.75 Å². The number of sulfonamides is 1. The standard InChI is InChI=1S/C27H24N2O6S/c1-17-8-11-19(12-9-17)36(32,33)29-16-25(35-24-13-10-18(2)14-23(24)29)26(30)28-15-21(27(31)34-3)20-6-4-5-7-22(20)28/h4-15,25H,16H2,1-3H3/t25-/m1/s1. The van der Waals surface area contributed by atoms with E-state index in [-0.39, 0.29) is 22.8 Å². The second-order valence-corrected chi connectivity index (χ2v) is 10.5. The minimum Gasteiger partial charge on any atom is -0.476 e. The maximum atomic E-state index is 13.7. The fourth-order valence-corrected chi connectivity index (χ4v) is 5.81. The quantitative estimate of drug-likeness (QED) is 0.384. The summed E-state index contributed by atoms with van der Waals surface area (Å²) in [7, 11) is -2.72. The summed E-state index contributed by atoms with van der Waals surface area (Å²) in [5.41, 5.74) is 2.88. The van der Waals surface area contributed by atoms with Crippen LogP contribution in [0.25, 0.3) is 10.9 Å². The number of carbonyl (C=O) groups excluding carboxylic acids is 2. The van der Waals surface area contributed by atoms with Crippen LogP contribution in [-0.2, 0) is 14.8 Å². The van der Waals surface area contributed by atoms with Crippen molar-refractivity contribution in [2.45, 2.75) is 24.8 Å². The van der Waals surface area contributed by atoms with Gasteiger partial charge in [0.05, 0.1) is 35.3 Å². The molecule has 4 aromatic rings. The number of nitrogens with zero attached hydrogens (tertiary/aromatic N) is 2. The van der Waals surface area contributed by atoms with Crippen molar-refractivity contribution in [2.75, 3.05) is 18.0 Å². The number of aromatic nitrogens is 1. The van der Waals surface area contributed by atoms with Crippen molar-refractivity contribution in [1.29, 1.82) is 0 Å². The largest absolute Gasteiger partial charge is 0.476 e. The van der Waals surface area contributed by atoms with E-state index in [0.29, 0.717) is 16.6 Å². The van der Waals surface area contributed by atoms with E-state index < -0.39 is 28.0 Å². The van der Waals surface area contributed by atoms with Crippen molar-refractivity contribution in [3.63, 3.8) is 0 Å². The van der Waals surface area contributed by atoms with Crippen molar-refractivity contribution >= 4 is 38.5 Å². The molecule has 0 fully saturated rings. The molecule has 2 heterocycles. The highest BCUT2D eigenvalue weighted by atomic mass is 32.2. The molecule has 0 N–H and O–H groups in total. The number of carbonyl (C=O) groups is 2. The van der Waals surface area contributed by atoms with Crippen LogP contribution in [0, 0.1) is 13.8 Å². The van der Waals surface area contributed by atoms with Gasteiger partial charge in [0, 0.05) is 11.6 Å². The third kappa shape index (κ3) is 3.91. The first-order valence-corrected chi connectivity index (χ1v) is 12.7. The summed E-state index contributed by atoms with van der Waals surface area (Å²) < 4.78 is 40.9. The Balaban J connectivity index is 1.60. The molecule has 1 aliphatic heterocycles. The van der Waals surface area contributed by atoms with Crippen LogP contribution < -0.4 is 9.04 Å². The second kappa shape index (κ2) is 8.83. The number of rotatable bonds is 4. The highest BCUT2D eigenvalue weighted by Crippen LogP contribution is 2.38. The molecule has 3 aromatic carbocycles. The highest BCUT2D eigenvalue weighted by molar-refractivity contribution is 7.92. The van der Waals surface area contributed by atoms with Gasteiger partial charge in [-0.1, -0.05) is 42.0 Å². The third-order valence-corrected chi connectivity index (χ3v) is 8.02. The number of fused-ring (bicyclic) bond motifs is 2. The van der Waals surface area contributed by atoms with E-state index >= 15 is 0 Å². The van der Waals surface area contributed by atoms with E-state index in [1.165, 1.54) is 22.2 Å². The molecule has 0 unspecified atom stereocenters. The Kier molecular flexibility index (Phi) is 5.80. The van der Waals surface area contributed by atoms with Crippen LogP contribution in [0.5, 0.6) is 5.75 Å². The molecule has 0 aliphatic carbocycles. The van der Waals surface area contributed by atoms with E-state index in [2.05, 4.69) is 0 Å². The number of anilines is 1. The van der Waals surface area contributed by atoms with Gasteiger partial charge in [-0.3, -0.25) is 13.7 Å². The summed E-state index contributed by atoms with van der Waals surface area (Å²) in [4.78, 5) is 26.2. The summed E-state index contributed by atoms with van der Waals surface area (Å²) in [5.74, 6) is -0.797. The number of ether oxygens (including phenoxy) is 2. The van der Waals surface area contributed by atoms with Crippen molar-refractivity contribution in [1.82, 2.24) is 4.57 Å². The molecular formula is C27H24N2O6S. The molecule has 0 amide bonds. The molecule has 1 aromatic heterocycles.